The molecule has 2 saturated carbocycles. The molecule has 1 nitrogen and oxygen atoms in total. The lowest BCUT2D eigenvalue weighted by atomic mass is 9.66. The molecule has 190 valence electrons. The van der Waals surface area contributed by atoms with Gasteiger partial charge in [0.2, 0.25) is 0 Å². The first-order valence-electron chi connectivity index (χ1n) is 14.4. The average molecular weight is 472 g/mol. The largest absolute Gasteiger partial charge is 0.205 e. The van der Waals surface area contributed by atoms with Gasteiger partial charge in [-0.25, -0.2) is 8.78 Å². The van der Waals surface area contributed by atoms with E-state index in [1.165, 1.54) is 108 Å². The fourth-order valence-electron chi connectivity index (χ4n) is 6.87. The zero-order chi connectivity index (χ0) is 24.3. The summed E-state index contributed by atoms with van der Waals surface area (Å²) in [7, 11) is 0. The van der Waals surface area contributed by atoms with Gasteiger partial charge in [0.25, 0.3) is 0 Å². The summed E-state index contributed by atoms with van der Waals surface area (Å²) in [6.07, 6.45) is 23.3. The minimum Gasteiger partial charge on any atom is -0.205 e. The second-order valence-corrected chi connectivity index (χ2v) is 11.5. The number of nitrogens with zero attached hydrogens (tertiary/aromatic N) is 1. The normalized spacial score (nSPS) is 26.2. The maximum atomic E-state index is 14.1. The molecular formula is C31H47F2N. The lowest BCUT2D eigenvalue weighted by Crippen LogP contribution is -2.27. The predicted molar refractivity (Wildman–Crippen MR) is 138 cm³/mol. The molecule has 1 aromatic rings. The number of hydrogen-bond acceptors (Lipinski definition) is 1. The maximum Gasteiger partial charge on any atom is 0.144 e. The molecule has 3 rings (SSSR count). The van der Waals surface area contributed by atoms with Crippen LogP contribution in [0.1, 0.15) is 140 Å². The monoisotopic (exact) mass is 471 g/mol. The smallest absolute Gasteiger partial charge is 0.144 e. The van der Waals surface area contributed by atoms with E-state index in [0.29, 0.717) is 11.5 Å². The summed E-state index contributed by atoms with van der Waals surface area (Å²) in [6, 6.07) is 4.39. The first kappa shape index (κ1) is 27.2. The van der Waals surface area contributed by atoms with Gasteiger partial charge < -0.3 is 0 Å². The van der Waals surface area contributed by atoms with Gasteiger partial charge in [-0.2, -0.15) is 5.26 Å². The molecule has 0 aliphatic heterocycles. The highest BCUT2D eigenvalue weighted by Gasteiger charge is 2.33. The molecule has 1 atom stereocenters. The fraction of sp³-hybridized carbons (Fsp3) is 0.774. The molecule has 0 radical (unpaired) electrons. The van der Waals surface area contributed by atoms with Crippen molar-refractivity contribution in [3.8, 4) is 6.07 Å². The fourth-order valence-corrected chi connectivity index (χ4v) is 6.87. The Bertz CT molecular complexity index is 743. The molecule has 3 heteroatoms. The molecule has 0 aromatic heterocycles. The standard InChI is InChI=1S/C31H47F2N/c1-3-4-5-6-7-8-9-10-11-24-12-14-26(15-13-24)27-18-16-25(17-19-27)23(2)28-20-30(32)29(22-34)31(33)21-28/h20-21,23-27H,3-19H2,1-2H3/t23?,24-,25?,26-,27?. The number of halogens is 2. The summed E-state index contributed by atoms with van der Waals surface area (Å²) >= 11 is 0. The van der Waals surface area contributed by atoms with Crippen LogP contribution in [0, 0.1) is 46.6 Å². The van der Waals surface area contributed by atoms with E-state index < -0.39 is 17.2 Å². The zero-order valence-corrected chi connectivity index (χ0v) is 21.8. The van der Waals surface area contributed by atoms with E-state index in [4.69, 9.17) is 5.26 Å². The molecule has 2 aliphatic rings. The number of unbranched alkanes of at least 4 members (excludes halogenated alkanes) is 7. The highest BCUT2D eigenvalue weighted by Crippen LogP contribution is 2.45. The maximum absolute atomic E-state index is 14.1. The quantitative estimate of drug-likeness (QED) is 0.278. The average Bonchev–Trinajstić information content (AvgIpc) is 2.85. The van der Waals surface area contributed by atoms with Crippen LogP contribution in [0.3, 0.4) is 0 Å². The van der Waals surface area contributed by atoms with E-state index in [0.717, 1.165) is 30.6 Å². The Hall–Kier alpha value is -1.43. The molecule has 0 heterocycles. The van der Waals surface area contributed by atoms with E-state index in [-0.39, 0.29) is 5.92 Å². The van der Waals surface area contributed by atoms with E-state index in [1.807, 2.05) is 0 Å². The highest BCUT2D eigenvalue weighted by molar-refractivity contribution is 5.36. The van der Waals surface area contributed by atoms with Gasteiger partial charge in [-0.15, -0.1) is 0 Å². The van der Waals surface area contributed by atoms with Crippen molar-refractivity contribution < 1.29 is 8.78 Å². The van der Waals surface area contributed by atoms with Crippen LogP contribution in [0.4, 0.5) is 8.78 Å². The van der Waals surface area contributed by atoms with Crippen molar-refractivity contribution in [1.29, 1.82) is 5.26 Å². The predicted octanol–water partition coefficient (Wildman–Crippen LogP) is 10.1. The lowest BCUT2D eigenvalue weighted by Gasteiger charge is -2.39. The summed E-state index contributed by atoms with van der Waals surface area (Å²) in [5.74, 6) is 1.90. The number of hydrogen-bond donors (Lipinski definition) is 0. The molecule has 0 saturated heterocycles. The van der Waals surface area contributed by atoms with Crippen molar-refractivity contribution in [1.82, 2.24) is 0 Å². The second kappa shape index (κ2) is 14.2. The summed E-state index contributed by atoms with van der Waals surface area (Å²) in [4.78, 5) is 0. The highest BCUT2D eigenvalue weighted by atomic mass is 19.1. The minimum absolute atomic E-state index is 0.139. The molecule has 2 fully saturated rings. The number of nitriles is 1. The molecule has 2 aliphatic carbocycles. The molecular weight excluding hydrogens is 424 g/mol. The molecule has 1 unspecified atom stereocenters. The number of benzene rings is 1. The van der Waals surface area contributed by atoms with Crippen LogP contribution in [-0.4, -0.2) is 0 Å². The molecule has 34 heavy (non-hydrogen) atoms. The third-order valence-corrected chi connectivity index (χ3v) is 9.25. The Morgan fingerprint density at radius 2 is 1.29 bits per heavy atom. The molecule has 0 bridgehead atoms. The topological polar surface area (TPSA) is 23.8 Å². The molecule has 0 N–H and O–H groups in total. The Balaban J connectivity index is 1.33. The number of rotatable bonds is 12. The van der Waals surface area contributed by atoms with Crippen LogP contribution in [0.2, 0.25) is 0 Å². The van der Waals surface area contributed by atoms with Crippen molar-refractivity contribution in [2.45, 2.75) is 129 Å². The van der Waals surface area contributed by atoms with E-state index in [9.17, 15) is 8.78 Å². The van der Waals surface area contributed by atoms with Crippen LogP contribution in [0.5, 0.6) is 0 Å². The van der Waals surface area contributed by atoms with Crippen molar-refractivity contribution >= 4 is 0 Å². The van der Waals surface area contributed by atoms with Crippen molar-refractivity contribution in [3.05, 3.63) is 34.9 Å². The summed E-state index contributed by atoms with van der Waals surface area (Å²) in [5, 5.41) is 8.91. The Morgan fingerprint density at radius 1 is 0.794 bits per heavy atom. The van der Waals surface area contributed by atoms with E-state index in [2.05, 4.69) is 13.8 Å². The minimum atomic E-state index is -0.721. The van der Waals surface area contributed by atoms with Crippen LogP contribution in [0.25, 0.3) is 0 Å². The van der Waals surface area contributed by atoms with Crippen LogP contribution < -0.4 is 0 Å². The van der Waals surface area contributed by atoms with Gasteiger partial charge in [-0.1, -0.05) is 84.5 Å². The second-order valence-electron chi connectivity index (χ2n) is 11.5. The van der Waals surface area contributed by atoms with Gasteiger partial charge in [-0.05, 0) is 85.8 Å². The zero-order valence-electron chi connectivity index (χ0n) is 21.8. The van der Waals surface area contributed by atoms with Gasteiger partial charge in [0, 0.05) is 0 Å². The van der Waals surface area contributed by atoms with E-state index in [1.54, 1.807) is 6.07 Å². The van der Waals surface area contributed by atoms with Gasteiger partial charge in [0.05, 0.1) is 0 Å². The van der Waals surface area contributed by atoms with Crippen molar-refractivity contribution in [3.63, 3.8) is 0 Å². The lowest BCUT2D eigenvalue weighted by molar-refractivity contribution is 0.136. The Labute approximate surface area is 207 Å². The molecule has 1 aromatic carbocycles. The van der Waals surface area contributed by atoms with Gasteiger partial charge >= 0.3 is 0 Å². The van der Waals surface area contributed by atoms with Crippen LogP contribution in [-0.2, 0) is 0 Å². The summed E-state index contributed by atoms with van der Waals surface area (Å²) in [5.41, 5.74) is 0.247. The molecule has 0 amide bonds. The van der Waals surface area contributed by atoms with Gasteiger partial charge in [-0.3, -0.25) is 0 Å². The molecule has 0 spiro atoms. The third-order valence-electron chi connectivity index (χ3n) is 9.25. The summed E-state index contributed by atoms with van der Waals surface area (Å²) in [6.45, 7) is 4.38. The van der Waals surface area contributed by atoms with Crippen LogP contribution >= 0.6 is 0 Å². The first-order valence-corrected chi connectivity index (χ1v) is 14.4. The Morgan fingerprint density at radius 3 is 1.82 bits per heavy atom. The van der Waals surface area contributed by atoms with Gasteiger partial charge in [0.1, 0.15) is 23.3 Å². The van der Waals surface area contributed by atoms with E-state index >= 15 is 0 Å². The van der Waals surface area contributed by atoms with Gasteiger partial charge in [0.15, 0.2) is 0 Å². The first-order chi connectivity index (χ1) is 16.5. The summed E-state index contributed by atoms with van der Waals surface area (Å²) < 4.78 is 28.2. The Kier molecular flexibility index (Phi) is 11.4. The van der Waals surface area contributed by atoms with Crippen molar-refractivity contribution in [2.75, 3.05) is 0 Å². The SMILES string of the molecule is CCCCCCCCCC[C@H]1CC[C@H](C2CCC(C(C)c3cc(F)c(C#N)c(F)c3)CC2)CC1. The van der Waals surface area contributed by atoms with Crippen molar-refractivity contribution in [2.24, 2.45) is 23.7 Å². The third kappa shape index (κ3) is 7.79. The van der Waals surface area contributed by atoms with Crippen LogP contribution in [0.15, 0.2) is 12.1 Å².